The van der Waals surface area contributed by atoms with Crippen molar-refractivity contribution in [3.05, 3.63) is 33.1 Å². The highest BCUT2D eigenvalue weighted by molar-refractivity contribution is 6.31. The highest BCUT2D eigenvalue weighted by Crippen LogP contribution is 2.29. The van der Waals surface area contributed by atoms with Crippen molar-refractivity contribution in [3.63, 3.8) is 0 Å². The minimum Gasteiger partial charge on any atom is -0.371 e. The maximum absolute atomic E-state index is 13.2. The molecule has 0 atom stereocenters. The molecule has 0 fully saturated rings. The van der Waals surface area contributed by atoms with Gasteiger partial charge in [-0.05, 0) is 12.0 Å². The van der Waals surface area contributed by atoms with Gasteiger partial charge < -0.3 is 10.6 Å². The van der Waals surface area contributed by atoms with Crippen LogP contribution in [0.4, 0.5) is 15.8 Å². The van der Waals surface area contributed by atoms with E-state index in [1.807, 2.05) is 13.8 Å². The number of nitrogens with one attached hydrogen (secondary N) is 2. The van der Waals surface area contributed by atoms with Gasteiger partial charge in [0, 0.05) is 6.54 Å². The monoisotopic (exact) mass is 303 g/mol. The van der Waals surface area contributed by atoms with Crippen molar-refractivity contribution < 1.29 is 14.1 Å². The predicted molar refractivity (Wildman–Crippen MR) is 74.4 cm³/mol. The van der Waals surface area contributed by atoms with Crippen molar-refractivity contribution in [1.82, 2.24) is 5.32 Å². The summed E-state index contributed by atoms with van der Waals surface area (Å²) in [4.78, 5) is 21.6. The van der Waals surface area contributed by atoms with Gasteiger partial charge in [0.25, 0.3) is 5.69 Å². The van der Waals surface area contributed by atoms with Gasteiger partial charge in [0.2, 0.25) is 5.91 Å². The van der Waals surface area contributed by atoms with Crippen molar-refractivity contribution in [1.29, 1.82) is 0 Å². The summed E-state index contributed by atoms with van der Waals surface area (Å²) in [6, 6.07) is 1.81. The molecular formula is C12H15ClFN3O3. The third-order valence-electron chi connectivity index (χ3n) is 2.38. The molecule has 0 aliphatic rings. The molecule has 1 aromatic rings. The molecule has 0 aliphatic carbocycles. The molecular weight excluding hydrogens is 289 g/mol. The molecule has 110 valence electrons. The Morgan fingerprint density at radius 3 is 2.70 bits per heavy atom. The Labute approximate surface area is 120 Å². The molecule has 0 aromatic heterocycles. The highest BCUT2D eigenvalue weighted by Gasteiger charge is 2.18. The lowest BCUT2D eigenvalue weighted by atomic mass is 10.2. The van der Waals surface area contributed by atoms with Gasteiger partial charge in [-0.15, -0.1) is 0 Å². The minimum absolute atomic E-state index is 0.00102. The first-order chi connectivity index (χ1) is 9.31. The Hall–Kier alpha value is -1.89. The third-order valence-corrected chi connectivity index (χ3v) is 2.67. The van der Waals surface area contributed by atoms with E-state index >= 15 is 0 Å². The van der Waals surface area contributed by atoms with Crippen LogP contribution in [0.2, 0.25) is 5.02 Å². The number of carbonyl (C=O) groups is 1. The lowest BCUT2D eigenvalue weighted by molar-refractivity contribution is -0.384. The normalized spacial score (nSPS) is 10.4. The minimum atomic E-state index is -0.881. The Morgan fingerprint density at radius 2 is 2.15 bits per heavy atom. The smallest absolute Gasteiger partial charge is 0.295 e. The van der Waals surface area contributed by atoms with Gasteiger partial charge in [-0.25, -0.2) is 4.39 Å². The molecule has 0 unspecified atom stereocenters. The van der Waals surface area contributed by atoms with Gasteiger partial charge in [0.05, 0.1) is 22.6 Å². The molecule has 1 rings (SSSR count). The van der Waals surface area contributed by atoms with E-state index < -0.39 is 16.4 Å². The van der Waals surface area contributed by atoms with Crippen molar-refractivity contribution in [2.45, 2.75) is 13.8 Å². The second-order valence-electron chi connectivity index (χ2n) is 4.59. The van der Waals surface area contributed by atoms with E-state index in [2.05, 4.69) is 10.6 Å². The predicted octanol–water partition coefficient (Wildman–Crippen LogP) is 2.57. The lowest BCUT2D eigenvalue weighted by Gasteiger charge is -2.10. The molecule has 0 spiro atoms. The number of hydrogen-bond donors (Lipinski definition) is 2. The maximum Gasteiger partial charge on any atom is 0.295 e. The van der Waals surface area contributed by atoms with Gasteiger partial charge in [-0.1, -0.05) is 25.4 Å². The Kier molecular flexibility index (Phi) is 5.69. The van der Waals surface area contributed by atoms with Crippen LogP contribution in [0.3, 0.4) is 0 Å². The van der Waals surface area contributed by atoms with Crippen molar-refractivity contribution in [2.24, 2.45) is 5.92 Å². The van der Waals surface area contributed by atoms with Crippen molar-refractivity contribution >= 4 is 28.9 Å². The van der Waals surface area contributed by atoms with Gasteiger partial charge >= 0.3 is 0 Å². The van der Waals surface area contributed by atoms with Crippen LogP contribution in [0.1, 0.15) is 13.8 Å². The zero-order valence-electron chi connectivity index (χ0n) is 11.1. The molecule has 6 nitrogen and oxygen atoms in total. The van der Waals surface area contributed by atoms with Gasteiger partial charge in [-0.3, -0.25) is 14.9 Å². The van der Waals surface area contributed by atoms with E-state index in [9.17, 15) is 19.3 Å². The van der Waals surface area contributed by atoms with Crippen LogP contribution >= 0.6 is 11.6 Å². The topological polar surface area (TPSA) is 84.3 Å². The van der Waals surface area contributed by atoms with E-state index in [1.165, 1.54) is 0 Å². The summed E-state index contributed by atoms with van der Waals surface area (Å²) in [5, 5.41) is 15.8. The summed E-state index contributed by atoms with van der Waals surface area (Å²) in [6.07, 6.45) is 0. The first-order valence-corrected chi connectivity index (χ1v) is 6.33. The van der Waals surface area contributed by atoms with Gasteiger partial charge in [0.15, 0.2) is 0 Å². The van der Waals surface area contributed by atoms with E-state index in [1.54, 1.807) is 0 Å². The lowest BCUT2D eigenvalue weighted by Crippen LogP contribution is -2.32. The zero-order valence-corrected chi connectivity index (χ0v) is 11.8. The second-order valence-corrected chi connectivity index (χ2v) is 5.00. The number of amides is 1. The maximum atomic E-state index is 13.2. The van der Waals surface area contributed by atoms with E-state index in [-0.39, 0.29) is 23.2 Å². The molecule has 1 amide bonds. The Morgan fingerprint density at radius 1 is 1.50 bits per heavy atom. The quantitative estimate of drug-likeness (QED) is 0.625. The number of carbonyl (C=O) groups excluding carboxylic acids is 1. The Balaban J connectivity index is 2.74. The number of nitrogens with zero attached hydrogens (tertiary/aromatic N) is 1. The number of hydrogen-bond acceptors (Lipinski definition) is 4. The van der Waals surface area contributed by atoms with E-state index in [4.69, 9.17) is 11.6 Å². The van der Waals surface area contributed by atoms with E-state index in [0.29, 0.717) is 12.5 Å². The van der Waals surface area contributed by atoms with Gasteiger partial charge in [-0.2, -0.15) is 0 Å². The summed E-state index contributed by atoms with van der Waals surface area (Å²) in [5.41, 5.74) is -0.468. The zero-order chi connectivity index (χ0) is 15.3. The van der Waals surface area contributed by atoms with E-state index in [0.717, 1.165) is 12.1 Å². The molecule has 0 saturated carbocycles. The fraction of sp³-hybridized carbons (Fsp3) is 0.417. The summed E-state index contributed by atoms with van der Waals surface area (Å²) in [5.74, 6) is -0.893. The number of nitro groups is 1. The highest BCUT2D eigenvalue weighted by atomic mass is 35.5. The van der Waals surface area contributed by atoms with Crippen LogP contribution in [0.25, 0.3) is 0 Å². The number of anilines is 1. The largest absolute Gasteiger partial charge is 0.371 e. The molecule has 8 heteroatoms. The first kappa shape index (κ1) is 16.2. The molecule has 2 N–H and O–H groups in total. The molecule has 0 heterocycles. The van der Waals surface area contributed by atoms with Crippen LogP contribution in [-0.4, -0.2) is 23.9 Å². The van der Waals surface area contributed by atoms with Gasteiger partial charge in [0.1, 0.15) is 11.5 Å². The second kappa shape index (κ2) is 7.04. The van der Waals surface area contributed by atoms with Crippen LogP contribution in [0, 0.1) is 21.8 Å². The number of nitro benzene ring substituents is 1. The van der Waals surface area contributed by atoms with Crippen LogP contribution < -0.4 is 10.6 Å². The molecule has 0 saturated heterocycles. The first-order valence-electron chi connectivity index (χ1n) is 5.95. The van der Waals surface area contributed by atoms with Crippen LogP contribution in [0.15, 0.2) is 12.1 Å². The molecule has 0 aliphatic heterocycles. The fourth-order valence-corrected chi connectivity index (χ4v) is 1.55. The molecule has 0 bridgehead atoms. The van der Waals surface area contributed by atoms with Crippen molar-refractivity contribution in [2.75, 3.05) is 18.4 Å². The SMILES string of the molecule is CC(C)CNC(=O)CNc1cc(Cl)c(F)cc1[N+](=O)[O-]. The summed E-state index contributed by atoms with van der Waals surface area (Å²) in [6.45, 7) is 4.24. The molecule has 20 heavy (non-hydrogen) atoms. The molecule has 1 aromatic carbocycles. The number of benzene rings is 1. The average Bonchev–Trinajstić information content (AvgIpc) is 2.36. The van der Waals surface area contributed by atoms with Crippen LogP contribution in [0.5, 0.6) is 0 Å². The number of halogens is 2. The number of rotatable bonds is 6. The Bertz CT molecular complexity index is 523. The fourth-order valence-electron chi connectivity index (χ4n) is 1.38. The standard InChI is InChI=1S/C12H15ClFN3O3/c1-7(2)5-16-12(18)6-15-10-3-8(13)9(14)4-11(10)17(19)20/h3-4,7,15H,5-6H2,1-2H3,(H,16,18). The third kappa shape index (κ3) is 4.65. The summed E-state index contributed by atoms with van der Waals surface area (Å²) < 4.78 is 13.2. The molecule has 0 radical (unpaired) electrons. The van der Waals surface area contributed by atoms with Crippen molar-refractivity contribution in [3.8, 4) is 0 Å². The van der Waals surface area contributed by atoms with Crippen LogP contribution in [-0.2, 0) is 4.79 Å². The summed E-state index contributed by atoms with van der Waals surface area (Å²) in [7, 11) is 0. The average molecular weight is 304 g/mol. The summed E-state index contributed by atoms with van der Waals surface area (Å²) >= 11 is 5.57.